The van der Waals surface area contributed by atoms with Crippen molar-refractivity contribution in [2.75, 3.05) is 12.3 Å². The summed E-state index contributed by atoms with van der Waals surface area (Å²) in [7, 11) is 0. The van der Waals surface area contributed by atoms with Gasteiger partial charge in [0.05, 0.1) is 12.7 Å². The summed E-state index contributed by atoms with van der Waals surface area (Å²) in [6.45, 7) is 0.00875. The highest BCUT2D eigenvalue weighted by Gasteiger charge is 2.56. The Balaban J connectivity index is 1.91. The second kappa shape index (κ2) is 3.29. The van der Waals surface area contributed by atoms with E-state index in [1.807, 2.05) is 0 Å². The number of hydrogen-bond donors (Lipinski definition) is 2. The van der Waals surface area contributed by atoms with Gasteiger partial charge >= 0.3 is 5.69 Å². The zero-order valence-corrected chi connectivity index (χ0v) is 8.61. The Kier molecular flexibility index (Phi) is 2.02. The van der Waals surface area contributed by atoms with E-state index in [0.717, 1.165) is 6.42 Å². The van der Waals surface area contributed by atoms with E-state index in [-0.39, 0.29) is 24.8 Å². The highest BCUT2D eigenvalue weighted by molar-refractivity contribution is 5.23. The molecule has 3 N–H and O–H groups in total. The van der Waals surface area contributed by atoms with E-state index in [0.29, 0.717) is 11.8 Å². The number of aromatic nitrogens is 2. The van der Waals surface area contributed by atoms with Gasteiger partial charge in [-0.15, -0.1) is 0 Å². The molecule has 6 heteroatoms. The van der Waals surface area contributed by atoms with Crippen molar-refractivity contribution >= 4 is 5.82 Å². The summed E-state index contributed by atoms with van der Waals surface area (Å²) >= 11 is 0. The summed E-state index contributed by atoms with van der Waals surface area (Å²) in [5.41, 5.74) is 5.03. The van der Waals surface area contributed by atoms with Gasteiger partial charge in [-0.25, -0.2) is 4.79 Å². The fourth-order valence-electron chi connectivity index (χ4n) is 2.44. The summed E-state index contributed by atoms with van der Waals surface area (Å²) in [5, 5.41) is 9.09. The maximum atomic E-state index is 11.6. The Bertz CT molecular complexity index is 473. The SMILES string of the molecule is Nc1ccn(C2OC(CO)C3CC32)c(=O)n1. The van der Waals surface area contributed by atoms with Crippen LogP contribution in [-0.4, -0.2) is 27.4 Å². The van der Waals surface area contributed by atoms with Gasteiger partial charge in [-0.05, 0) is 18.4 Å². The minimum absolute atomic E-state index is 0.00875. The quantitative estimate of drug-likeness (QED) is 0.695. The number of hydrogen-bond acceptors (Lipinski definition) is 5. The molecule has 1 aliphatic heterocycles. The molecule has 86 valence electrons. The fraction of sp³-hybridized carbons (Fsp3) is 0.600. The van der Waals surface area contributed by atoms with Crippen LogP contribution in [0.4, 0.5) is 5.82 Å². The van der Waals surface area contributed by atoms with Crippen LogP contribution in [0.25, 0.3) is 0 Å². The lowest BCUT2D eigenvalue weighted by Gasteiger charge is -2.18. The van der Waals surface area contributed by atoms with Crippen LogP contribution in [0.5, 0.6) is 0 Å². The lowest BCUT2D eigenvalue weighted by Crippen LogP contribution is -2.29. The first kappa shape index (κ1) is 9.80. The molecule has 4 atom stereocenters. The first-order valence-electron chi connectivity index (χ1n) is 5.31. The van der Waals surface area contributed by atoms with Crippen LogP contribution in [0, 0.1) is 11.8 Å². The monoisotopic (exact) mass is 223 g/mol. The Labute approximate surface area is 91.7 Å². The maximum absolute atomic E-state index is 11.6. The van der Waals surface area contributed by atoms with Crippen molar-refractivity contribution in [2.45, 2.75) is 18.8 Å². The third-order valence-corrected chi connectivity index (χ3v) is 3.35. The van der Waals surface area contributed by atoms with Crippen LogP contribution in [0.1, 0.15) is 12.6 Å². The van der Waals surface area contributed by atoms with E-state index in [4.69, 9.17) is 15.6 Å². The zero-order valence-electron chi connectivity index (χ0n) is 8.61. The summed E-state index contributed by atoms with van der Waals surface area (Å²) < 4.78 is 7.07. The minimum atomic E-state index is -0.394. The second-order valence-electron chi connectivity index (χ2n) is 4.35. The van der Waals surface area contributed by atoms with Gasteiger partial charge in [-0.1, -0.05) is 0 Å². The van der Waals surface area contributed by atoms with Crippen molar-refractivity contribution in [1.82, 2.24) is 9.55 Å². The van der Waals surface area contributed by atoms with Crippen molar-refractivity contribution in [2.24, 2.45) is 11.8 Å². The highest BCUT2D eigenvalue weighted by Crippen LogP contribution is 2.56. The third kappa shape index (κ3) is 1.34. The van der Waals surface area contributed by atoms with Gasteiger partial charge in [0, 0.05) is 12.1 Å². The lowest BCUT2D eigenvalue weighted by molar-refractivity contribution is -0.0516. The number of nitrogens with zero attached hydrogens (tertiary/aromatic N) is 2. The van der Waals surface area contributed by atoms with E-state index in [1.165, 1.54) is 4.57 Å². The number of aliphatic hydroxyl groups is 1. The molecule has 0 radical (unpaired) electrons. The molecule has 4 unspecified atom stereocenters. The molecule has 2 fully saturated rings. The van der Waals surface area contributed by atoms with Crippen molar-refractivity contribution in [1.29, 1.82) is 0 Å². The summed E-state index contributed by atoms with van der Waals surface area (Å²) in [4.78, 5) is 15.3. The van der Waals surface area contributed by atoms with Crippen LogP contribution in [0.2, 0.25) is 0 Å². The van der Waals surface area contributed by atoms with E-state index in [2.05, 4.69) is 4.98 Å². The molecule has 1 aliphatic carbocycles. The van der Waals surface area contributed by atoms with Gasteiger partial charge in [0.2, 0.25) is 0 Å². The second-order valence-corrected chi connectivity index (χ2v) is 4.35. The Hall–Kier alpha value is -1.40. The average Bonchev–Trinajstić information content (AvgIpc) is 2.96. The number of anilines is 1. The average molecular weight is 223 g/mol. The summed E-state index contributed by atoms with van der Waals surface area (Å²) in [6.07, 6.45) is 2.18. The molecule has 0 spiro atoms. The van der Waals surface area contributed by atoms with Gasteiger partial charge in [0.15, 0.2) is 0 Å². The van der Waals surface area contributed by atoms with Gasteiger partial charge in [0.1, 0.15) is 12.0 Å². The predicted molar refractivity (Wildman–Crippen MR) is 55.5 cm³/mol. The molecule has 1 saturated heterocycles. The molecule has 0 bridgehead atoms. The number of nitrogens with two attached hydrogens (primary N) is 1. The van der Waals surface area contributed by atoms with E-state index in [9.17, 15) is 4.79 Å². The Morgan fingerprint density at radius 3 is 3.06 bits per heavy atom. The van der Waals surface area contributed by atoms with E-state index < -0.39 is 5.69 Å². The third-order valence-electron chi connectivity index (χ3n) is 3.35. The number of ether oxygens (including phenoxy) is 1. The molecule has 1 saturated carbocycles. The summed E-state index contributed by atoms with van der Waals surface area (Å²) in [6, 6.07) is 1.58. The predicted octanol–water partition coefficient (Wildman–Crippen LogP) is -0.649. The van der Waals surface area contributed by atoms with Crippen molar-refractivity contribution in [3.8, 4) is 0 Å². The lowest BCUT2D eigenvalue weighted by atomic mass is 10.2. The number of fused-ring (bicyclic) bond motifs is 1. The van der Waals surface area contributed by atoms with E-state index >= 15 is 0 Å². The van der Waals surface area contributed by atoms with E-state index in [1.54, 1.807) is 12.3 Å². The first-order chi connectivity index (χ1) is 7.70. The molecule has 0 amide bonds. The molecule has 2 aliphatic rings. The fourth-order valence-corrected chi connectivity index (χ4v) is 2.44. The highest BCUT2D eigenvalue weighted by atomic mass is 16.5. The number of rotatable bonds is 2. The van der Waals surface area contributed by atoms with Crippen LogP contribution >= 0.6 is 0 Å². The normalized spacial score (nSPS) is 36.1. The van der Waals surface area contributed by atoms with Crippen LogP contribution < -0.4 is 11.4 Å². The molecular formula is C10H13N3O3. The van der Waals surface area contributed by atoms with Crippen LogP contribution in [0.15, 0.2) is 17.1 Å². The smallest absolute Gasteiger partial charge is 0.351 e. The summed E-state index contributed by atoms with van der Waals surface area (Å²) in [5.74, 6) is 0.935. The molecule has 1 aromatic heterocycles. The molecular weight excluding hydrogens is 210 g/mol. The van der Waals surface area contributed by atoms with Crippen LogP contribution in [0.3, 0.4) is 0 Å². The maximum Gasteiger partial charge on any atom is 0.351 e. The van der Waals surface area contributed by atoms with Crippen LogP contribution in [-0.2, 0) is 4.74 Å². The van der Waals surface area contributed by atoms with Gasteiger partial charge in [-0.2, -0.15) is 4.98 Å². The van der Waals surface area contributed by atoms with Gasteiger partial charge in [0.25, 0.3) is 0 Å². The molecule has 3 rings (SSSR count). The Morgan fingerprint density at radius 1 is 1.62 bits per heavy atom. The zero-order chi connectivity index (χ0) is 11.3. The number of aliphatic hydroxyl groups excluding tert-OH is 1. The molecule has 16 heavy (non-hydrogen) atoms. The first-order valence-corrected chi connectivity index (χ1v) is 5.31. The minimum Gasteiger partial charge on any atom is -0.394 e. The van der Waals surface area contributed by atoms with Gasteiger partial charge in [-0.3, -0.25) is 4.57 Å². The topological polar surface area (TPSA) is 90.4 Å². The molecule has 0 aromatic carbocycles. The van der Waals surface area contributed by atoms with Crippen molar-refractivity contribution < 1.29 is 9.84 Å². The molecule has 2 heterocycles. The number of nitrogen functional groups attached to an aromatic ring is 1. The largest absolute Gasteiger partial charge is 0.394 e. The van der Waals surface area contributed by atoms with Crippen molar-refractivity contribution in [3.63, 3.8) is 0 Å². The van der Waals surface area contributed by atoms with Gasteiger partial charge < -0.3 is 15.6 Å². The van der Waals surface area contributed by atoms with Crippen molar-refractivity contribution in [3.05, 3.63) is 22.7 Å². The molecule has 6 nitrogen and oxygen atoms in total. The standard InChI is InChI=1S/C10H13N3O3/c11-8-1-2-13(10(15)12-8)9-6-3-5(6)7(4-14)16-9/h1-2,5-7,9,14H,3-4H2,(H2,11,12,15). The molecule has 1 aromatic rings. The Morgan fingerprint density at radius 2 is 2.44 bits per heavy atom.